The molecule has 0 aliphatic rings. The fourth-order valence-corrected chi connectivity index (χ4v) is 4.49. The molecule has 36 heavy (non-hydrogen) atoms. The van der Waals surface area contributed by atoms with E-state index in [1.54, 1.807) is 0 Å². The van der Waals surface area contributed by atoms with Crippen molar-refractivity contribution >= 4 is 11.8 Å². The average Bonchev–Trinajstić information content (AvgIpc) is 2.93. The minimum Gasteiger partial charge on any atom is -0.462 e. The summed E-state index contributed by atoms with van der Waals surface area (Å²) in [7, 11) is 0. The van der Waals surface area contributed by atoms with E-state index in [4.69, 9.17) is 4.74 Å². The van der Waals surface area contributed by atoms with Gasteiger partial charge in [-0.15, -0.1) is 0 Å². The monoisotopic (exact) mass is 484 g/mol. The third kappa shape index (κ3) is 7.65. The van der Waals surface area contributed by atoms with Crippen LogP contribution in [-0.4, -0.2) is 18.4 Å². The summed E-state index contributed by atoms with van der Waals surface area (Å²) in [5, 5.41) is 0. The number of Topliss-reactive ketones (excluding diaryl/α,β-unsaturated/α-hetero) is 1. The molecule has 0 fully saturated rings. The first-order chi connectivity index (χ1) is 17.5. The van der Waals surface area contributed by atoms with Crippen molar-refractivity contribution in [3.63, 3.8) is 0 Å². The van der Waals surface area contributed by atoms with Gasteiger partial charge in [-0.1, -0.05) is 114 Å². The van der Waals surface area contributed by atoms with Gasteiger partial charge in [0.2, 0.25) is 0 Å². The van der Waals surface area contributed by atoms with Gasteiger partial charge >= 0.3 is 5.97 Å². The van der Waals surface area contributed by atoms with Gasteiger partial charge in [0.1, 0.15) is 0 Å². The maximum atomic E-state index is 13.5. The Kier molecular flexibility index (Phi) is 10.9. The zero-order valence-corrected chi connectivity index (χ0v) is 22.1. The molecule has 190 valence electrons. The minimum absolute atomic E-state index is 0.0515. The Labute approximate surface area is 216 Å². The number of rotatable bonds is 14. The summed E-state index contributed by atoms with van der Waals surface area (Å²) in [5.74, 6) is -0.676. The Morgan fingerprint density at radius 3 is 2.11 bits per heavy atom. The summed E-state index contributed by atoms with van der Waals surface area (Å²) in [6.07, 6.45) is 8.85. The van der Waals surface area contributed by atoms with Gasteiger partial charge in [0.25, 0.3) is 0 Å². The van der Waals surface area contributed by atoms with Crippen molar-refractivity contribution in [1.29, 1.82) is 0 Å². The summed E-state index contributed by atoms with van der Waals surface area (Å²) in [5.41, 5.74) is 5.28. The molecular weight excluding hydrogens is 444 g/mol. The Hall–Kier alpha value is -3.20. The van der Waals surface area contributed by atoms with Crippen LogP contribution >= 0.6 is 0 Å². The van der Waals surface area contributed by atoms with Crippen LogP contribution in [0.4, 0.5) is 0 Å². The number of carbonyl (C=O) groups excluding carboxylic acids is 2. The number of hydrogen-bond donors (Lipinski definition) is 0. The molecule has 0 aromatic heterocycles. The molecule has 0 heterocycles. The van der Waals surface area contributed by atoms with Crippen molar-refractivity contribution in [2.45, 2.75) is 78.1 Å². The Balaban J connectivity index is 1.82. The van der Waals surface area contributed by atoms with Gasteiger partial charge in [-0.2, -0.15) is 0 Å². The van der Waals surface area contributed by atoms with E-state index in [2.05, 4.69) is 26.0 Å². The van der Waals surface area contributed by atoms with Crippen molar-refractivity contribution in [3.05, 3.63) is 95.1 Å². The van der Waals surface area contributed by atoms with E-state index in [1.807, 2.05) is 67.6 Å². The van der Waals surface area contributed by atoms with Crippen molar-refractivity contribution in [1.82, 2.24) is 0 Å². The Bertz CT molecular complexity index is 1100. The second-order valence-electron chi connectivity index (χ2n) is 9.60. The van der Waals surface area contributed by atoms with Crippen LogP contribution < -0.4 is 0 Å². The molecule has 3 aromatic rings. The Morgan fingerprint density at radius 1 is 0.750 bits per heavy atom. The lowest BCUT2D eigenvalue weighted by Crippen LogP contribution is -2.13. The fourth-order valence-electron chi connectivity index (χ4n) is 4.49. The predicted octanol–water partition coefficient (Wildman–Crippen LogP) is 8.81. The molecule has 0 radical (unpaired) electrons. The standard InChI is InChI=1S/C33H40O3/c1-4-6-8-9-13-23-36-33(35)29-21-22-30(27-15-11-10-12-16-27)31(24-29)25(3)32(34)28-19-17-26(18-20-28)14-7-5-2/h10-12,15-22,24-25H,4-9,13-14,23H2,1-3H3. The van der Waals surface area contributed by atoms with Crippen molar-refractivity contribution in [3.8, 4) is 11.1 Å². The molecule has 0 spiro atoms. The number of ether oxygens (including phenoxy) is 1. The molecule has 0 aliphatic heterocycles. The van der Waals surface area contributed by atoms with Crippen LogP contribution in [0.15, 0.2) is 72.8 Å². The van der Waals surface area contributed by atoms with Gasteiger partial charge in [-0.25, -0.2) is 4.79 Å². The van der Waals surface area contributed by atoms with Crippen LogP contribution in [0.5, 0.6) is 0 Å². The molecule has 0 N–H and O–H groups in total. The topological polar surface area (TPSA) is 43.4 Å². The molecule has 1 atom stereocenters. The zero-order chi connectivity index (χ0) is 25.8. The van der Waals surface area contributed by atoms with Gasteiger partial charge < -0.3 is 4.74 Å². The highest BCUT2D eigenvalue weighted by Gasteiger charge is 2.22. The van der Waals surface area contributed by atoms with Gasteiger partial charge in [0.05, 0.1) is 12.2 Å². The third-order valence-electron chi connectivity index (χ3n) is 6.77. The number of ketones is 1. The number of benzene rings is 3. The first kappa shape index (κ1) is 27.4. The lowest BCUT2D eigenvalue weighted by Gasteiger charge is -2.18. The number of unbranched alkanes of at least 4 members (excludes halogenated alkanes) is 5. The van der Waals surface area contributed by atoms with E-state index in [9.17, 15) is 9.59 Å². The van der Waals surface area contributed by atoms with Gasteiger partial charge in [0, 0.05) is 11.5 Å². The van der Waals surface area contributed by atoms with E-state index in [0.717, 1.165) is 48.8 Å². The maximum Gasteiger partial charge on any atom is 0.338 e. The molecule has 3 rings (SSSR count). The van der Waals surface area contributed by atoms with Crippen LogP contribution in [0.3, 0.4) is 0 Å². The molecule has 3 nitrogen and oxygen atoms in total. The predicted molar refractivity (Wildman–Crippen MR) is 149 cm³/mol. The molecule has 0 amide bonds. The first-order valence-electron chi connectivity index (χ1n) is 13.5. The highest BCUT2D eigenvalue weighted by atomic mass is 16.5. The molecule has 3 aromatic carbocycles. The van der Waals surface area contributed by atoms with E-state index < -0.39 is 5.92 Å². The second-order valence-corrected chi connectivity index (χ2v) is 9.60. The van der Waals surface area contributed by atoms with Gasteiger partial charge in [-0.05, 0) is 53.6 Å². The van der Waals surface area contributed by atoms with Crippen LogP contribution in [0.25, 0.3) is 11.1 Å². The molecular formula is C33H40O3. The first-order valence-corrected chi connectivity index (χ1v) is 13.5. The SMILES string of the molecule is CCCCCCCOC(=O)c1ccc(-c2ccccc2)c(C(C)C(=O)c2ccc(CCCC)cc2)c1. The van der Waals surface area contributed by atoms with Crippen LogP contribution in [-0.2, 0) is 11.2 Å². The largest absolute Gasteiger partial charge is 0.462 e. The number of aryl methyl sites for hydroxylation is 1. The van der Waals surface area contributed by atoms with Crippen LogP contribution in [0.1, 0.15) is 103 Å². The zero-order valence-electron chi connectivity index (χ0n) is 22.1. The fraction of sp³-hybridized carbons (Fsp3) is 0.394. The van der Waals surface area contributed by atoms with Gasteiger partial charge in [0.15, 0.2) is 5.78 Å². The van der Waals surface area contributed by atoms with Crippen molar-refractivity contribution in [2.75, 3.05) is 6.61 Å². The normalized spacial score (nSPS) is 11.8. The molecule has 0 bridgehead atoms. The summed E-state index contributed by atoms with van der Waals surface area (Å²) in [6, 6.07) is 23.6. The summed E-state index contributed by atoms with van der Waals surface area (Å²) in [4.78, 5) is 26.3. The van der Waals surface area contributed by atoms with E-state index in [1.165, 1.54) is 24.8 Å². The average molecular weight is 485 g/mol. The maximum absolute atomic E-state index is 13.5. The van der Waals surface area contributed by atoms with E-state index in [0.29, 0.717) is 17.7 Å². The second kappa shape index (κ2) is 14.4. The van der Waals surface area contributed by atoms with Crippen LogP contribution in [0.2, 0.25) is 0 Å². The lowest BCUT2D eigenvalue weighted by molar-refractivity contribution is 0.0497. The number of carbonyl (C=O) groups is 2. The molecule has 3 heteroatoms. The van der Waals surface area contributed by atoms with E-state index >= 15 is 0 Å². The third-order valence-corrected chi connectivity index (χ3v) is 6.77. The van der Waals surface area contributed by atoms with Crippen molar-refractivity contribution < 1.29 is 14.3 Å². The number of hydrogen-bond acceptors (Lipinski definition) is 3. The van der Waals surface area contributed by atoms with E-state index in [-0.39, 0.29) is 11.8 Å². The van der Waals surface area contributed by atoms with Crippen LogP contribution in [0, 0.1) is 0 Å². The number of esters is 1. The highest BCUT2D eigenvalue weighted by molar-refractivity contribution is 6.02. The highest BCUT2D eigenvalue weighted by Crippen LogP contribution is 2.32. The summed E-state index contributed by atoms with van der Waals surface area (Å²) >= 11 is 0. The molecule has 0 saturated carbocycles. The lowest BCUT2D eigenvalue weighted by atomic mass is 9.85. The van der Waals surface area contributed by atoms with Gasteiger partial charge in [-0.3, -0.25) is 4.79 Å². The quantitative estimate of drug-likeness (QED) is 0.130. The summed E-state index contributed by atoms with van der Waals surface area (Å²) < 4.78 is 5.56. The summed E-state index contributed by atoms with van der Waals surface area (Å²) in [6.45, 7) is 6.72. The smallest absolute Gasteiger partial charge is 0.338 e. The molecule has 0 aliphatic carbocycles. The minimum atomic E-state index is -0.400. The Morgan fingerprint density at radius 2 is 1.42 bits per heavy atom. The molecule has 0 saturated heterocycles. The van der Waals surface area contributed by atoms with Crippen molar-refractivity contribution in [2.24, 2.45) is 0 Å². The molecule has 1 unspecified atom stereocenters.